The summed E-state index contributed by atoms with van der Waals surface area (Å²) in [6.45, 7) is 0. The highest BCUT2D eigenvalue weighted by atomic mass is 35.5. The Morgan fingerprint density at radius 3 is 2.45 bits per heavy atom. The maximum absolute atomic E-state index is 12.0. The second-order valence-electron chi connectivity index (χ2n) is 4.45. The zero-order chi connectivity index (χ0) is 16.3. The number of methoxy groups -OCH3 is 1. The van der Waals surface area contributed by atoms with E-state index < -0.39 is 0 Å². The van der Waals surface area contributed by atoms with E-state index in [1.807, 2.05) is 0 Å². The van der Waals surface area contributed by atoms with Crippen LogP contribution < -0.4 is 4.74 Å². The average Bonchev–Trinajstić information content (AvgIpc) is 2.50. The van der Waals surface area contributed by atoms with E-state index >= 15 is 0 Å². The molecule has 5 nitrogen and oxygen atoms in total. The lowest BCUT2D eigenvalue weighted by molar-refractivity contribution is 0.104. The van der Waals surface area contributed by atoms with Crippen LogP contribution in [0.25, 0.3) is 6.08 Å². The molecule has 2 rings (SSSR count). The van der Waals surface area contributed by atoms with Crippen LogP contribution in [-0.4, -0.2) is 28.2 Å². The fourth-order valence-electron chi connectivity index (χ4n) is 1.80. The summed E-state index contributed by atoms with van der Waals surface area (Å²) in [5.74, 6) is -0.802. The van der Waals surface area contributed by atoms with E-state index in [1.54, 1.807) is 0 Å². The molecule has 0 aromatic heterocycles. The predicted octanol–water partition coefficient (Wildman–Crippen LogP) is 3.36. The number of ether oxygens (including phenoxy) is 1. The molecule has 22 heavy (non-hydrogen) atoms. The van der Waals surface area contributed by atoms with Crippen molar-refractivity contribution in [2.45, 2.75) is 0 Å². The maximum atomic E-state index is 12.0. The van der Waals surface area contributed by atoms with Gasteiger partial charge in [-0.15, -0.1) is 0 Å². The number of carbonyl (C=O) groups is 1. The Morgan fingerprint density at radius 2 is 1.82 bits per heavy atom. The molecular formula is C16H13ClO5. The first kappa shape index (κ1) is 15.7. The number of phenols is 3. The molecule has 0 aliphatic carbocycles. The summed E-state index contributed by atoms with van der Waals surface area (Å²) < 4.78 is 5.10. The van der Waals surface area contributed by atoms with Crippen molar-refractivity contribution >= 4 is 23.5 Å². The molecule has 0 spiro atoms. The summed E-state index contributed by atoms with van der Waals surface area (Å²) in [6, 6.07) is 6.60. The van der Waals surface area contributed by atoms with E-state index in [2.05, 4.69) is 0 Å². The third kappa shape index (κ3) is 3.32. The van der Waals surface area contributed by atoms with Crippen LogP contribution in [0.4, 0.5) is 0 Å². The van der Waals surface area contributed by atoms with Gasteiger partial charge in [-0.1, -0.05) is 11.6 Å². The number of hydrogen-bond donors (Lipinski definition) is 3. The Morgan fingerprint density at radius 1 is 1.09 bits per heavy atom. The molecule has 0 unspecified atom stereocenters. The summed E-state index contributed by atoms with van der Waals surface area (Å²) in [5.41, 5.74) is 0.733. The van der Waals surface area contributed by atoms with Crippen LogP contribution in [0.1, 0.15) is 15.9 Å². The third-order valence-electron chi connectivity index (χ3n) is 2.97. The molecule has 0 bridgehead atoms. The van der Waals surface area contributed by atoms with E-state index in [-0.39, 0.29) is 33.6 Å². The topological polar surface area (TPSA) is 87.0 Å². The van der Waals surface area contributed by atoms with E-state index in [0.717, 1.165) is 0 Å². The first-order valence-corrected chi connectivity index (χ1v) is 6.61. The monoisotopic (exact) mass is 320 g/mol. The summed E-state index contributed by atoms with van der Waals surface area (Å²) in [7, 11) is 1.43. The van der Waals surface area contributed by atoms with Crippen molar-refractivity contribution in [3.05, 3.63) is 52.6 Å². The lowest BCUT2D eigenvalue weighted by Gasteiger charge is -2.06. The Bertz CT molecular complexity index is 752. The van der Waals surface area contributed by atoms with Gasteiger partial charge in [-0.3, -0.25) is 4.79 Å². The zero-order valence-corrected chi connectivity index (χ0v) is 12.3. The molecule has 0 aliphatic rings. The molecule has 0 heterocycles. The molecular weight excluding hydrogens is 308 g/mol. The van der Waals surface area contributed by atoms with Crippen LogP contribution >= 0.6 is 11.6 Å². The number of aromatic hydroxyl groups is 3. The fourth-order valence-corrected chi connectivity index (χ4v) is 1.98. The molecule has 0 aliphatic heterocycles. The van der Waals surface area contributed by atoms with Gasteiger partial charge in [-0.25, -0.2) is 0 Å². The van der Waals surface area contributed by atoms with Crippen LogP contribution in [0.3, 0.4) is 0 Å². The van der Waals surface area contributed by atoms with Gasteiger partial charge >= 0.3 is 0 Å². The number of ketones is 1. The Hall–Kier alpha value is -2.66. The van der Waals surface area contributed by atoms with Gasteiger partial charge < -0.3 is 20.1 Å². The standard InChI is InChI=1S/C16H13ClO5/c1-22-16-8-14(20)11(17)6-10(16)3-4-12(18)9-2-5-13(19)15(21)7-9/h2-8,19-21H,1H3/b4-3+. The van der Waals surface area contributed by atoms with Gasteiger partial charge in [0.05, 0.1) is 12.1 Å². The smallest absolute Gasteiger partial charge is 0.185 e. The highest BCUT2D eigenvalue weighted by Crippen LogP contribution is 2.32. The molecule has 114 valence electrons. The van der Waals surface area contributed by atoms with Crippen molar-refractivity contribution in [3.8, 4) is 23.0 Å². The van der Waals surface area contributed by atoms with Crippen LogP contribution in [0.15, 0.2) is 36.4 Å². The Kier molecular flexibility index (Phi) is 4.58. The van der Waals surface area contributed by atoms with Crippen LogP contribution in [0.5, 0.6) is 23.0 Å². The third-order valence-corrected chi connectivity index (χ3v) is 3.28. The molecule has 0 amide bonds. The minimum atomic E-state index is -0.374. The number of allylic oxidation sites excluding steroid dienone is 1. The van der Waals surface area contributed by atoms with Crippen LogP contribution in [-0.2, 0) is 0 Å². The van der Waals surface area contributed by atoms with Crippen molar-refractivity contribution in [1.82, 2.24) is 0 Å². The number of halogens is 1. The van der Waals surface area contributed by atoms with Crippen LogP contribution in [0.2, 0.25) is 5.02 Å². The Balaban J connectivity index is 2.29. The van der Waals surface area contributed by atoms with Crippen molar-refractivity contribution in [2.24, 2.45) is 0 Å². The first-order valence-electron chi connectivity index (χ1n) is 6.23. The van der Waals surface area contributed by atoms with E-state index in [0.29, 0.717) is 11.3 Å². The van der Waals surface area contributed by atoms with Gasteiger partial charge in [0.1, 0.15) is 11.5 Å². The van der Waals surface area contributed by atoms with Crippen molar-refractivity contribution < 1.29 is 24.9 Å². The number of benzene rings is 2. The number of carbonyl (C=O) groups excluding carboxylic acids is 1. The fraction of sp³-hybridized carbons (Fsp3) is 0.0625. The van der Waals surface area contributed by atoms with Gasteiger partial charge in [0.2, 0.25) is 0 Å². The zero-order valence-electron chi connectivity index (χ0n) is 11.6. The molecule has 6 heteroatoms. The normalized spacial score (nSPS) is 10.8. The van der Waals surface area contributed by atoms with Gasteiger partial charge in [-0.2, -0.15) is 0 Å². The molecule has 3 N–H and O–H groups in total. The molecule has 2 aromatic rings. The molecule has 2 aromatic carbocycles. The largest absolute Gasteiger partial charge is 0.506 e. The SMILES string of the molecule is COc1cc(O)c(Cl)cc1/C=C/C(=O)c1ccc(O)c(O)c1. The van der Waals surface area contributed by atoms with E-state index in [9.17, 15) is 20.1 Å². The lowest BCUT2D eigenvalue weighted by Crippen LogP contribution is -1.94. The molecule has 0 fully saturated rings. The minimum absolute atomic E-state index is 0.120. The Labute approximate surface area is 131 Å². The predicted molar refractivity (Wildman–Crippen MR) is 82.8 cm³/mol. The molecule has 0 radical (unpaired) electrons. The second-order valence-corrected chi connectivity index (χ2v) is 4.85. The molecule has 0 saturated heterocycles. The van der Waals surface area contributed by atoms with Crippen LogP contribution in [0, 0.1) is 0 Å². The lowest BCUT2D eigenvalue weighted by atomic mass is 10.1. The number of hydrogen-bond acceptors (Lipinski definition) is 5. The molecule has 0 atom stereocenters. The number of phenolic OH excluding ortho intramolecular Hbond substituents is 3. The van der Waals surface area contributed by atoms with Crippen molar-refractivity contribution in [3.63, 3.8) is 0 Å². The van der Waals surface area contributed by atoms with Gasteiger partial charge in [0, 0.05) is 17.2 Å². The molecule has 0 saturated carbocycles. The quantitative estimate of drug-likeness (QED) is 0.457. The van der Waals surface area contributed by atoms with Gasteiger partial charge in [0.25, 0.3) is 0 Å². The summed E-state index contributed by atoms with van der Waals surface area (Å²) in [5, 5.41) is 28.3. The highest BCUT2D eigenvalue weighted by molar-refractivity contribution is 6.32. The minimum Gasteiger partial charge on any atom is -0.506 e. The van der Waals surface area contributed by atoms with E-state index in [1.165, 1.54) is 49.6 Å². The summed E-state index contributed by atoms with van der Waals surface area (Å²) in [6.07, 6.45) is 2.76. The first-order chi connectivity index (χ1) is 10.4. The van der Waals surface area contributed by atoms with Crippen molar-refractivity contribution in [1.29, 1.82) is 0 Å². The highest BCUT2D eigenvalue weighted by Gasteiger charge is 2.09. The van der Waals surface area contributed by atoms with E-state index in [4.69, 9.17) is 16.3 Å². The van der Waals surface area contributed by atoms with Crippen molar-refractivity contribution in [2.75, 3.05) is 7.11 Å². The average molecular weight is 321 g/mol. The summed E-state index contributed by atoms with van der Waals surface area (Å²) in [4.78, 5) is 12.0. The second kappa shape index (κ2) is 6.41. The summed E-state index contributed by atoms with van der Waals surface area (Å²) >= 11 is 5.83. The van der Waals surface area contributed by atoms with Gasteiger partial charge in [0.15, 0.2) is 17.3 Å². The maximum Gasteiger partial charge on any atom is 0.185 e. The number of rotatable bonds is 4. The van der Waals surface area contributed by atoms with Gasteiger partial charge in [-0.05, 0) is 36.4 Å².